The Bertz CT molecular complexity index is 347. The standard InChI is InChI=1S/C7H13NO2.C2H4F2O3S.Na/c9-7(10)8-6-4-2-1-3-5-6;3-2(4)1-8(5,6)7;/h6,8H,1-5H2,(H,9,10);2H,1H2,(H,5,6,7);/q;;+1/p-1. The van der Waals surface area contributed by atoms with Crippen LogP contribution < -0.4 is 34.9 Å². The van der Waals surface area contributed by atoms with Crippen molar-refractivity contribution in [1.82, 2.24) is 5.32 Å². The monoisotopic (exact) mass is 311 g/mol. The molecule has 0 bridgehead atoms. The number of carbonyl (C=O) groups is 1. The van der Waals surface area contributed by atoms with Crippen LogP contribution in [0.2, 0.25) is 0 Å². The fourth-order valence-electron chi connectivity index (χ4n) is 1.58. The van der Waals surface area contributed by atoms with Crippen LogP contribution in [0.15, 0.2) is 0 Å². The quantitative estimate of drug-likeness (QED) is 0.482. The Balaban J connectivity index is 0. The van der Waals surface area contributed by atoms with Crippen molar-refractivity contribution in [3.8, 4) is 0 Å². The van der Waals surface area contributed by atoms with Crippen LogP contribution in [0.5, 0.6) is 0 Å². The largest absolute Gasteiger partial charge is 1.00 e. The zero-order valence-electron chi connectivity index (χ0n) is 10.6. The summed E-state index contributed by atoms with van der Waals surface area (Å²) in [5, 5.41) is 10.9. The van der Waals surface area contributed by atoms with Crippen LogP contribution in [-0.2, 0) is 10.1 Å². The van der Waals surface area contributed by atoms with Gasteiger partial charge in [-0.3, -0.25) is 0 Å². The van der Waals surface area contributed by atoms with Crippen LogP contribution in [0.25, 0.3) is 0 Å². The summed E-state index contributed by atoms with van der Waals surface area (Å²) in [4.78, 5) is 10.2. The van der Waals surface area contributed by atoms with E-state index in [-0.39, 0.29) is 35.6 Å². The summed E-state index contributed by atoms with van der Waals surface area (Å²) < 4.78 is 50.1. The number of alkyl halides is 2. The van der Waals surface area contributed by atoms with Crippen LogP contribution in [0.1, 0.15) is 32.1 Å². The first kappa shape index (κ1) is 21.3. The summed E-state index contributed by atoms with van der Waals surface area (Å²) in [5.74, 6) is -1.59. The van der Waals surface area contributed by atoms with Crippen molar-refractivity contribution < 1.29 is 61.2 Å². The Morgan fingerprint density at radius 1 is 1.32 bits per heavy atom. The maximum absolute atomic E-state index is 11.0. The molecule has 6 nitrogen and oxygen atoms in total. The third-order valence-corrected chi connectivity index (χ3v) is 2.92. The zero-order chi connectivity index (χ0) is 14.2. The second kappa shape index (κ2) is 10.8. The molecular weight excluding hydrogens is 295 g/mol. The number of halogens is 2. The molecule has 0 unspecified atom stereocenters. The molecule has 19 heavy (non-hydrogen) atoms. The number of hydrogen-bond donors (Lipinski definition) is 2. The van der Waals surface area contributed by atoms with Crippen molar-refractivity contribution >= 4 is 16.2 Å². The van der Waals surface area contributed by atoms with E-state index in [1.165, 1.54) is 19.3 Å². The molecule has 1 saturated carbocycles. The van der Waals surface area contributed by atoms with E-state index in [9.17, 15) is 26.5 Å². The van der Waals surface area contributed by atoms with Crippen molar-refractivity contribution in [3.63, 3.8) is 0 Å². The van der Waals surface area contributed by atoms with Gasteiger partial charge in [0, 0.05) is 6.04 Å². The third-order valence-electron chi connectivity index (χ3n) is 2.26. The van der Waals surface area contributed by atoms with Crippen molar-refractivity contribution in [2.24, 2.45) is 0 Å². The van der Waals surface area contributed by atoms with Gasteiger partial charge in [-0.15, -0.1) is 0 Å². The van der Waals surface area contributed by atoms with Crippen molar-refractivity contribution in [3.05, 3.63) is 0 Å². The van der Waals surface area contributed by atoms with Gasteiger partial charge in [0.05, 0.1) is 5.75 Å². The van der Waals surface area contributed by atoms with E-state index in [0.29, 0.717) is 0 Å². The topological polar surface area (TPSA) is 107 Å². The van der Waals surface area contributed by atoms with Crippen molar-refractivity contribution in [1.29, 1.82) is 0 Å². The molecule has 0 heterocycles. The molecule has 0 radical (unpaired) electrons. The number of rotatable bonds is 3. The molecule has 0 atom stereocenters. The van der Waals surface area contributed by atoms with Gasteiger partial charge in [0.25, 0.3) is 6.43 Å². The van der Waals surface area contributed by atoms with Crippen molar-refractivity contribution in [2.45, 2.75) is 44.6 Å². The fourth-order valence-corrected chi connectivity index (χ4v) is 1.88. The normalized spacial score (nSPS) is 16.0. The van der Waals surface area contributed by atoms with E-state index in [0.717, 1.165) is 12.8 Å². The molecule has 1 rings (SSSR count). The van der Waals surface area contributed by atoms with Crippen LogP contribution in [0.4, 0.5) is 13.6 Å². The van der Waals surface area contributed by atoms with Gasteiger partial charge in [-0.05, 0) is 12.8 Å². The Morgan fingerprint density at radius 2 is 1.79 bits per heavy atom. The third kappa shape index (κ3) is 16.0. The number of hydrogen-bond acceptors (Lipinski definition) is 4. The van der Waals surface area contributed by atoms with Gasteiger partial charge in [0.15, 0.2) is 0 Å². The van der Waals surface area contributed by atoms with Gasteiger partial charge in [-0.1, -0.05) is 19.3 Å². The average Bonchev–Trinajstić information content (AvgIpc) is 2.14. The molecule has 1 aliphatic rings. The molecule has 1 fully saturated rings. The van der Waals surface area contributed by atoms with E-state index in [2.05, 4.69) is 5.32 Å². The predicted molar refractivity (Wildman–Crippen MR) is 58.6 cm³/mol. The molecule has 1 amide bonds. The first-order valence-corrected chi connectivity index (χ1v) is 6.99. The Morgan fingerprint density at radius 3 is 2.05 bits per heavy atom. The second-order valence-corrected chi connectivity index (χ2v) is 5.35. The van der Waals surface area contributed by atoms with Crippen LogP contribution in [0, 0.1) is 0 Å². The Labute approximate surface area is 133 Å². The predicted octanol–water partition coefficient (Wildman–Crippen LogP) is -1.61. The molecule has 0 aromatic rings. The van der Waals surface area contributed by atoms with Crippen LogP contribution in [-0.4, -0.2) is 42.4 Å². The van der Waals surface area contributed by atoms with Crippen LogP contribution >= 0.6 is 0 Å². The summed E-state index contributed by atoms with van der Waals surface area (Å²) in [6, 6.07) is 0.228. The Hall–Kier alpha value is 0.0400. The minimum atomic E-state index is -4.72. The smallest absolute Gasteiger partial charge is 0.748 e. The maximum Gasteiger partial charge on any atom is 1.00 e. The minimum Gasteiger partial charge on any atom is -0.748 e. The van der Waals surface area contributed by atoms with E-state index in [4.69, 9.17) is 5.11 Å². The number of nitrogens with one attached hydrogen (secondary N) is 1. The summed E-state index contributed by atoms with van der Waals surface area (Å²) >= 11 is 0. The first-order chi connectivity index (χ1) is 8.20. The van der Waals surface area contributed by atoms with E-state index in [1.54, 1.807) is 0 Å². The second-order valence-electron chi connectivity index (χ2n) is 3.90. The molecule has 0 saturated heterocycles. The first-order valence-electron chi connectivity index (χ1n) is 5.42. The molecule has 0 aromatic carbocycles. The van der Waals surface area contributed by atoms with Gasteiger partial charge >= 0.3 is 35.7 Å². The van der Waals surface area contributed by atoms with Gasteiger partial charge in [-0.2, -0.15) is 0 Å². The molecule has 0 spiro atoms. The molecule has 0 aliphatic heterocycles. The van der Waals surface area contributed by atoms with Gasteiger partial charge in [-0.25, -0.2) is 22.0 Å². The van der Waals surface area contributed by atoms with E-state index < -0.39 is 28.4 Å². The molecular formula is C9H16F2NNaO5S. The number of amides is 1. The maximum atomic E-state index is 11.0. The summed E-state index contributed by atoms with van der Waals surface area (Å²) in [7, 11) is -4.72. The SMILES string of the molecule is O=C(O)NC1CCCCC1.O=S(=O)([O-])CC(F)F.[Na+]. The van der Waals surface area contributed by atoms with Gasteiger partial charge < -0.3 is 15.0 Å². The average molecular weight is 311 g/mol. The minimum absolute atomic E-state index is 0. The van der Waals surface area contributed by atoms with Crippen LogP contribution in [0.3, 0.4) is 0 Å². The van der Waals surface area contributed by atoms with E-state index >= 15 is 0 Å². The summed E-state index contributed by atoms with van der Waals surface area (Å²) in [6.07, 6.45) is 1.70. The summed E-state index contributed by atoms with van der Waals surface area (Å²) in [5.41, 5.74) is 0. The fraction of sp³-hybridized carbons (Fsp3) is 0.889. The van der Waals surface area contributed by atoms with Crippen molar-refractivity contribution in [2.75, 3.05) is 5.75 Å². The molecule has 108 valence electrons. The zero-order valence-corrected chi connectivity index (χ0v) is 13.5. The summed E-state index contributed by atoms with van der Waals surface area (Å²) in [6.45, 7) is 0. The van der Waals surface area contributed by atoms with Gasteiger partial charge in [0.1, 0.15) is 10.1 Å². The molecule has 2 N–H and O–H groups in total. The van der Waals surface area contributed by atoms with Gasteiger partial charge in [0.2, 0.25) is 0 Å². The molecule has 1 aliphatic carbocycles. The molecule has 0 aromatic heterocycles. The molecule has 10 heteroatoms. The Kier molecular flexibility index (Phi) is 12.1. The van der Waals surface area contributed by atoms with E-state index in [1.807, 2.05) is 0 Å². The number of carboxylic acid groups (broad SMARTS) is 1.